The zero-order valence-corrected chi connectivity index (χ0v) is 24.0. The van der Waals surface area contributed by atoms with Crippen LogP contribution >= 0.6 is 11.6 Å². The number of nitriles is 1. The summed E-state index contributed by atoms with van der Waals surface area (Å²) in [5, 5.41) is 14.2. The van der Waals surface area contributed by atoms with E-state index in [2.05, 4.69) is 18.9 Å². The van der Waals surface area contributed by atoms with E-state index in [0.717, 1.165) is 22.4 Å². The highest BCUT2D eigenvalue weighted by Gasteiger charge is 2.19. The van der Waals surface area contributed by atoms with E-state index in [0.29, 0.717) is 41.3 Å². The number of aromatic nitrogens is 2. The van der Waals surface area contributed by atoms with Crippen LogP contribution in [0.15, 0.2) is 58.4 Å². The number of aryl methyl sites for hydroxylation is 1. The molecule has 4 rings (SSSR count). The maximum absolute atomic E-state index is 13.7. The van der Waals surface area contributed by atoms with Crippen molar-refractivity contribution in [3.8, 4) is 34.7 Å². The predicted octanol–water partition coefficient (Wildman–Crippen LogP) is 6.73. The summed E-state index contributed by atoms with van der Waals surface area (Å²) in [5.41, 5.74) is 3.55. The van der Waals surface area contributed by atoms with Crippen LogP contribution in [0.4, 0.5) is 0 Å². The summed E-state index contributed by atoms with van der Waals surface area (Å²) < 4.78 is 18.4. The molecule has 9 heteroatoms. The SMILES string of the molecule is CCOc1cc(C)c(-c2nc3ccccc3c(=O)n2N=Cc2cc(Cl)c(OCC#N)c(OCC)c2)cc1C(C)C. The highest BCUT2D eigenvalue weighted by molar-refractivity contribution is 6.32. The fourth-order valence-corrected chi connectivity index (χ4v) is 4.64. The maximum Gasteiger partial charge on any atom is 0.282 e. The minimum absolute atomic E-state index is 0.172. The first-order valence-electron chi connectivity index (χ1n) is 13.1. The summed E-state index contributed by atoms with van der Waals surface area (Å²) >= 11 is 6.46. The van der Waals surface area contributed by atoms with Crippen LogP contribution in [0, 0.1) is 18.3 Å². The maximum atomic E-state index is 13.7. The van der Waals surface area contributed by atoms with Crippen molar-refractivity contribution in [3.63, 3.8) is 0 Å². The lowest BCUT2D eigenvalue weighted by molar-refractivity contribution is 0.299. The molecule has 0 N–H and O–H groups in total. The third-order valence-electron chi connectivity index (χ3n) is 6.21. The van der Waals surface area contributed by atoms with E-state index in [-0.39, 0.29) is 28.9 Å². The summed E-state index contributed by atoms with van der Waals surface area (Å²) in [4.78, 5) is 18.6. The van der Waals surface area contributed by atoms with Crippen LogP contribution in [-0.4, -0.2) is 35.7 Å². The van der Waals surface area contributed by atoms with Crippen molar-refractivity contribution in [1.82, 2.24) is 9.66 Å². The number of ether oxygens (including phenoxy) is 3. The molecule has 0 aliphatic carbocycles. The van der Waals surface area contributed by atoms with Gasteiger partial charge < -0.3 is 14.2 Å². The average Bonchev–Trinajstić information content (AvgIpc) is 2.92. The number of benzene rings is 3. The molecular weight excluding hydrogens is 528 g/mol. The molecule has 0 saturated carbocycles. The highest BCUT2D eigenvalue weighted by Crippen LogP contribution is 2.37. The Labute approximate surface area is 238 Å². The molecule has 1 aromatic heterocycles. The van der Waals surface area contributed by atoms with Gasteiger partial charge in [-0.2, -0.15) is 15.0 Å². The fourth-order valence-electron chi connectivity index (χ4n) is 4.37. The van der Waals surface area contributed by atoms with Gasteiger partial charge in [0, 0.05) is 5.56 Å². The van der Waals surface area contributed by atoms with Gasteiger partial charge in [0.05, 0.1) is 35.4 Å². The highest BCUT2D eigenvalue weighted by atomic mass is 35.5. The van der Waals surface area contributed by atoms with Crippen LogP contribution in [-0.2, 0) is 0 Å². The first-order valence-corrected chi connectivity index (χ1v) is 13.5. The van der Waals surface area contributed by atoms with E-state index in [1.54, 1.807) is 24.3 Å². The molecule has 0 saturated heterocycles. The Balaban J connectivity index is 1.92. The van der Waals surface area contributed by atoms with E-state index in [4.69, 9.17) is 36.1 Å². The van der Waals surface area contributed by atoms with Gasteiger partial charge in [-0.25, -0.2) is 4.98 Å². The van der Waals surface area contributed by atoms with Crippen molar-refractivity contribution in [2.24, 2.45) is 5.10 Å². The van der Waals surface area contributed by atoms with E-state index in [1.165, 1.54) is 10.9 Å². The molecule has 0 spiro atoms. The summed E-state index contributed by atoms with van der Waals surface area (Å²) in [6, 6.07) is 16.5. The van der Waals surface area contributed by atoms with Crippen LogP contribution in [0.25, 0.3) is 22.3 Å². The summed E-state index contributed by atoms with van der Waals surface area (Å²) in [6.45, 7) is 10.7. The first-order chi connectivity index (χ1) is 19.3. The average molecular weight is 559 g/mol. The summed E-state index contributed by atoms with van der Waals surface area (Å²) in [6.07, 6.45) is 1.52. The van der Waals surface area contributed by atoms with Crippen molar-refractivity contribution < 1.29 is 14.2 Å². The summed E-state index contributed by atoms with van der Waals surface area (Å²) in [5.74, 6) is 2.06. The molecule has 0 unspecified atom stereocenters. The number of para-hydroxylation sites is 1. The van der Waals surface area contributed by atoms with Crippen molar-refractivity contribution in [3.05, 3.63) is 80.6 Å². The van der Waals surface area contributed by atoms with Gasteiger partial charge in [-0.15, -0.1) is 0 Å². The second-order valence-corrected chi connectivity index (χ2v) is 9.72. The zero-order chi connectivity index (χ0) is 28.8. The van der Waals surface area contributed by atoms with Crippen LogP contribution in [0.5, 0.6) is 17.2 Å². The quantitative estimate of drug-likeness (QED) is 0.200. The molecule has 0 amide bonds. The molecule has 206 valence electrons. The lowest BCUT2D eigenvalue weighted by Gasteiger charge is -2.18. The third-order valence-corrected chi connectivity index (χ3v) is 6.49. The second kappa shape index (κ2) is 12.7. The van der Waals surface area contributed by atoms with E-state index in [1.807, 2.05) is 51.1 Å². The molecule has 0 aliphatic heterocycles. The second-order valence-electron chi connectivity index (χ2n) is 9.32. The van der Waals surface area contributed by atoms with Gasteiger partial charge in [0.2, 0.25) is 0 Å². The largest absolute Gasteiger partial charge is 0.494 e. The molecule has 4 aromatic rings. The predicted molar refractivity (Wildman–Crippen MR) is 158 cm³/mol. The Morgan fingerprint density at radius 1 is 1.07 bits per heavy atom. The minimum Gasteiger partial charge on any atom is -0.494 e. The Morgan fingerprint density at radius 3 is 2.50 bits per heavy atom. The molecule has 1 heterocycles. The number of fused-ring (bicyclic) bond motifs is 1. The van der Waals surface area contributed by atoms with E-state index in [9.17, 15) is 4.79 Å². The monoisotopic (exact) mass is 558 g/mol. The van der Waals surface area contributed by atoms with Crippen molar-refractivity contribution in [1.29, 1.82) is 5.26 Å². The number of rotatable bonds is 10. The molecule has 0 fully saturated rings. The van der Waals surface area contributed by atoms with Crippen LogP contribution < -0.4 is 19.8 Å². The third kappa shape index (κ3) is 5.95. The fraction of sp³-hybridized carbons (Fsp3) is 0.290. The molecule has 0 aliphatic rings. The number of hydrogen-bond donors (Lipinski definition) is 0. The molecule has 8 nitrogen and oxygen atoms in total. The van der Waals surface area contributed by atoms with Gasteiger partial charge in [0.15, 0.2) is 23.9 Å². The van der Waals surface area contributed by atoms with Gasteiger partial charge in [0.25, 0.3) is 5.56 Å². The molecule has 0 radical (unpaired) electrons. The topological polar surface area (TPSA) is 98.7 Å². The van der Waals surface area contributed by atoms with Crippen LogP contribution in [0.1, 0.15) is 50.3 Å². The Kier molecular flexibility index (Phi) is 9.08. The number of halogens is 1. The van der Waals surface area contributed by atoms with Crippen molar-refractivity contribution >= 4 is 28.7 Å². The number of nitrogens with zero attached hydrogens (tertiary/aromatic N) is 4. The molecular formula is C31H31ClN4O4. The Morgan fingerprint density at radius 2 is 1.80 bits per heavy atom. The van der Waals surface area contributed by atoms with Crippen LogP contribution in [0.3, 0.4) is 0 Å². The van der Waals surface area contributed by atoms with Gasteiger partial charge in [0.1, 0.15) is 11.8 Å². The molecule has 3 aromatic carbocycles. The first kappa shape index (κ1) is 28.7. The zero-order valence-electron chi connectivity index (χ0n) is 23.2. The van der Waals surface area contributed by atoms with Gasteiger partial charge >= 0.3 is 0 Å². The summed E-state index contributed by atoms with van der Waals surface area (Å²) in [7, 11) is 0. The van der Waals surface area contributed by atoms with Crippen LogP contribution in [0.2, 0.25) is 5.02 Å². The molecule has 0 bridgehead atoms. The Hall–Kier alpha value is -4.35. The smallest absolute Gasteiger partial charge is 0.282 e. The minimum atomic E-state index is -0.304. The Bertz CT molecular complexity index is 1670. The van der Waals surface area contributed by atoms with Gasteiger partial charge in [-0.05, 0) is 79.8 Å². The van der Waals surface area contributed by atoms with Crippen molar-refractivity contribution in [2.75, 3.05) is 19.8 Å². The molecule has 0 atom stereocenters. The van der Waals surface area contributed by atoms with Gasteiger partial charge in [-0.1, -0.05) is 37.6 Å². The normalized spacial score (nSPS) is 11.2. The lowest BCUT2D eigenvalue weighted by atomic mass is 9.96. The van der Waals surface area contributed by atoms with E-state index < -0.39 is 0 Å². The molecule has 40 heavy (non-hydrogen) atoms. The number of hydrogen-bond acceptors (Lipinski definition) is 7. The van der Waals surface area contributed by atoms with Crippen molar-refractivity contribution in [2.45, 2.75) is 40.5 Å². The van der Waals surface area contributed by atoms with Gasteiger partial charge in [-0.3, -0.25) is 4.79 Å². The standard InChI is InChI=1S/C31H31ClN4O4/c1-6-38-27-14-20(5)24(17-23(27)19(3)4)30-35-26-11-9-8-10-22(26)31(37)36(30)34-18-21-15-25(32)29(40-13-12-33)28(16-21)39-7-2/h8-11,14-19H,6-7,13H2,1-5H3. The lowest BCUT2D eigenvalue weighted by Crippen LogP contribution is -2.21. The van der Waals surface area contributed by atoms with E-state index >= 15 is 0 Å².